The Morgan fingerprint density at radius 2 is 2.15 bits per heavy atom. The van der Waals surface area contributed by atoms with E-state index in [-0.39, 0.29) is 5.96 Å². The van der Waals surface area contributed by atoms with Crippen LogP contribution >= 0.6 is 15.9 Å². The van der Waals surface area contributed by atoms with Gasteiger partial charge in [0.1, 0.15) is 5.82 Å². The third-order valence-corrected chi connectivity index (χ3v) is 5.46. The van der Waals surface area contributed by atoms with Crippen LogP contribution in [0, 0.1) is 5.41 Å². The Labute approximate surface area is 165 Å². The molecule has 0 unspecified atom stereocenters. The maximum Gasteiger partial charge on any atom is 0.188 e. The molecule has 1 saturated heterocycles. The molecule has 0 atom stereocenters. The largest absolute Gasteiger partial charge is 0.370 e. The highest BCUT2D eigenvalue weighted by molar-refractivity contribution is 9.10. The third kappa shape index (κ3) is 3.73. The van der Waals surface area contributed by atoms with Gasteiger partial charge in [0, 0.05) is 49.7 Å². The van der Waals surface area contributed by atoms with Gasteiger partial charge in [-0.25, -0.2) is 4.98 Å². The highest BCUT2D eigenvalue weighted by atomic mass is 79.9. The number of aromatic nitrogens is 4. The van der Waals surface area contributed by atoms with Gasteiger partial charge in [0.2, 0.25) is 0 Å². The summed E-state index contributed by atoms with van der Waals surface area (Å²) in [5.41, 5.74) is 8.56. The number of hydrogen-bond donors (Lipinski definition) is 3. The molecule has 1 aliphatic heterocycles. The minimum Gasteiger partial charge on any atom is -0.370 e. The maximum atomic E-state index is 7.60. The Kier molecular flexibility index (Phi) is 4.93. The van der Waals surface area contributed by atoms with E-state index in [9.17, 15) is 0 Å². The summed E-state index contributed by atoms with van der Waals surface area (Å²) in [5.74, 6) is 1.39. The number of hydrogen-bond acceptors (Lipinski definition) is 5. The van der Waals surface area contributed by atoms with Crippen LogP contribution in [0.1, 0.15) is 30.0 Å². The van der Waals surface area contributed by atoms with Gasteiger partial charge in [0.15, 0.2) is 11.6 Å². The maximum absolute atomic E-state index is 7.60. The highest BCUT2D eigenvalue weighted by Gasteiger charge is 2.24. The Bertz CT molecular complexity index is 947. The average molecular weight is 429 g/mol. The monoisotopic (exact) mass is 428 g/mol. The standard InChI is InChI=1S/C18H21BrN8/c19-14-11-24-27-16(23-10-12-2-1-5-22-9-12)8-15(25-17(14)27)13-3-6-26(7-4-13)18(20)21/h1-2,5,8-9,11,13,23H,3-4,6-7,10H2,(H3,20,21). The molecule has 3 aromatic rings. The van der Waals surface area contributed by atoms with E-state index in [0.717, 1.165) is 53.1 Å². The summed E-state index contributed by atoms with van der Waals surface area (Å²) in [4.78, 5) is 10.9. The van der Waals surface area contributed by atoms with Crippen LogP contribution in [-0.2, 0) is 6.54 Å². The molecule has 4 N–H and O–H groups in total. The van der Waals surface area contributed by atoms with Crippen molar-refractivity contribution >= 4 is 33.4 Å². The van der Waals surface area contributed by atoms with Crippen molar-refractivity contribution in [1.29, 1.82) is 5.41 Å². The van der Waals surface area contributed by atoms with Gasteiger partial charge in [-0.2, -0.15) is 9.61 Å². The molecule has 0 saturated carbocycles. The molecule has 8 nitrogen and oxygen atoms in total. The van der Waals surface area contributed by atoms with Crippen LogP contribution in [0.3, 0.4) is 0 Å². The minimum atomic E-state index is 0.147. The fourth-order valence-corrected chi connectivity index (χ4v) is 3.75. The van der Waals surface area contributed by atoms with Gasteiger partial charge in [-0.1, -0.05) is 6.07 Å². The van der Waals surface area contributed by atoms with Crippen LogP contribution in [0.2, 0.25) is 0 Å². The lowest BCUT2D eigenvalue weighted by atomic mass is 9.93. The number of likely N-dealkylation sites (tertiary alicyclic amines) is 1. The van der Waals surface area contributed by atoms with Crippen molar-refractivity contribution in [3.63, 3.8) is 0 Å². The number of nitrogens with two attached hydrogens (primary N) is 1. The first kappa shape index (κ1) is 17.7. The zero-order chi connectivity index (χ0) is 18.8. The first-order chi connectivity index (χ1) is 13.1. The minimum absolute atomic E-state index is 0.147. The molecule has 1 aliphatic rings. The predicted octanol–water partition coefficient (Wildman–Crippen LogP) is 2.57. The fourth-order valence-electron chi connectivity index (χ4n) is 3.40. The van der Waals surface area contributed by atoms with Crippen LogP contribution in [0.25, 0.3) is 5.65 Å². The van der Waals surface area contributed by atoms with E-state index in [0.29, 0.717) is 12.5 Å². The van der Waals surface area contributed by atoms with E-state index in [1.54, 1.807) is 12.4 Å². The third-order valence-electron chi connectivity index (χ3n) is 4.90. The number of rotatable bonds is 4. The van der Waals surface area contributed by atoms with E-state index in [1.807, 2.05) is 27.7 Å². The first-order valence-corrected chi connectivity index (χ1v) is 9.67. The van der Waals surface area contributed by atoms with Crippen LogP contribution < -0.4 is 11.1 Å². The van der Waals surface area contributed by atoms with Gasteiger partial charge in [0.05, 0.1) is 10.7 Å². The van der Waals surface area contributed by atoms with E-state index in [2.05, 4.69) is 37.4 Å². The van der Waals surface area contributed by atoms with Crippen LogP contribution in [0.4, 0.5) is 5.82 Å². The molecule has 0 aromatic carbocycles. The summed E-state index contributed by atoms with van der Waals surface area (Å²) in [6, 6.07) is 6.05. The number of pyridine rings is 1. The normalized spacial score (nSPS) is 15.2. The summed E-state index contributed by atoms with van der Waals surface area (Å²) >= 11 is 3.55. The second-order valence-corrected chi connectivity index (χ2v) is 7.51. The quantitative estimate of drug-likeness (QED) is 0.435. The van der Waals surface area contributed by atoms with Crippen molar-refractivity contribution in [3.05, 3.63) is 52.5 Å². The van der Waals surface area contributed by atoms with E-state index in [4.69, 9.17) is 16.1 Å². The molecule has 0 spiro atoms. The van der Waals surface area contributed by atoms with Gasteiger partial charge >= 0.3 is 0 Å². The summed E-state index contributed by atoms with van der Waals surface area (Å²) in [6.07, 6.45) is 7.24. The van der Waals surface area contributed by atoms with Crippen molar-refractivity contribution in [2.24, 2.45) is 5.73 Å². The van der Waals surface area contributed by atoms with Gasteiger partial charge in [-0.3, -0.25) is 10.4 Å². The average Bonchev–Trinajstić information content (AvgIpc) is 3.08. The van der Waals surface area contributed by atoms with E-state index < -0.39 is 0 Å². The lowest BCUT2D eigenvalue weighted by Crippen LogP contribution is -2.41. The Morgan fingerprint density at radius 1 is 1.33 bits per heavy atom. The zero-order valence-electron chi connectivity index (χ0n) is 14.8. The second-order valence-electron chi connectivity index (χ2n) is 6.66. The SMILES string of the molecule is N=C(N)N1CCC(c2cc(NCc3cccnc3)n3ncc(Br)c3n2)CC1. The molecule has 4 heterocycles. The van der Waals surface area contributed by atoms with Crippen molar-refractivity contribution in [3.8, 4) is 0 Å². The number of anilines is 1. The van der Waals surface area contributed by atoms with Crippen LogP contribution in [-0.4, -0.2) is 43.5 Å². The topological polar surface area (TPSA) is 108 Å². The molecule has 3 aromatic heterocycles. The summed E-state index contributed by atoms with van der Waals surface area (Å²) in [7, 11) is 0. The number of halogens is 1. The molecular weight excluding hydrogens is 408 g/mol. The molecule has 4 rings (SSSR count). The van der Waals surface area contributed by atoms with Gasteiger partial charge in [0.25, 0.3) is 0 Å². The first-order valence-electron chi connectivity index (χ1n) is 8.88. The molecule has 27 heavy (non-hydrogen) atoms. The van der Waals surface area contributed by atoms with E-state index >= 15 is 0 Å². The number of fused-ring (bicyclic) bond motifs is 1. The zero-order valence-corrected chi connectivity index (χ0v) is 16.4. The second kappa shape index (κ2) is 7.51. The van der Waals surface area contributed by atoms with Crippen molar-refractivity contribution in [2.45, 2.75) is 25.3 Å². The Hall–Kier alpha value is -2.68. The van der Waals surface area contributed by atoms with Gasteiger partial charge in [-0.15, -0.1) is 0 Å². The van der Waals surface area contributed by atoms with Crippen LogP contribution in [0.15, 0.2) is 41.3 Å². The summed E-state index contributed by atoms with van der Waals surface area (Å²) in [5, 5.41) is 15.5. The van der Waals surface area contributed by atoms with Crippen molar-refractivity contribution in [1.82, 2.24) is 24.5 Å². The smallest absolute Gasteiger partial charge is 0.188 e. The molecule has 1 fully saturated rings. The fraction of sp³-hybridized carbons (Fsp3) is 0.333. The van der Waals surface area contributed by atoms with E-state index in [1.165, 1.54) is 0 Å². The predicted molar refractivity (Wildman–Crippen MR) is 108 cm³/mol. The van der Waals surface area contributed by atoms with Crippen LogP contribution in [0.5, 0.6) is 0 Å². The molecule has 0 radical (unpaired) electrons. The summed E-state index contributed by atoms with van der Waals surface area (Å²) in [6.45, 7) is 2.23. The lowest BCUT2D eigenvalue weighted by Gasteiger charge is -2.32. The molecule has 0 amide bonds. The molecule has 140 valence electrons. The van der Waals surface area contributed by atoms with Crippen molar-refractivity contribution < 1.29 is 0 Å². The Balaban J connectivity index is 1.60. The number of piperidine rings is 1. The Morgan fingerprint density at radius 3 is 2.85 bits per heavy atom. The lowest BCUT2D eigenvalue weighted by molar-refractivity contribution is 0.306. The summed E-state index contributed by atoms with van der Waals surface area (Å²) < 4.78 is 2.68. The molecule has 0 aliphatic carbocycles. The number of nitrogens with one attached hydrogen (secondary N) is 2. The molecule has 9 heteroatoms. The highest BCUT2D eigenvalue weighted by Crippen LogP contribution is 2.30. The molecular formula is C18H21BrN8. The van der Waals surface area contributed by atoms with Crippen molar-refractivity contribution in [2.75, 3.05) is 18.4 Å². The number of guanidine groups is 1. The van der Waals surface area contributed by atoms with Gasteiger partial charge < -0.3 is 16.0 Å². The van der Waals surface area contributed by atoms with Gasteiger partial charge in [-0.05, 0) is 40.4 Å². The molecule has 0 bridgehead atoms. The number of nitrogens with zero attached hydrogens (tertiary/aromatic N) is 5.